The molecule has 0 radical (unpaired) electrons. The van der Waals surface area contributed by atoms with E-state index in [0.29, 0.717) is 48.4 Å². The largest absolute Gasteiger partial charge is 0.474 e. The van der Waals surface area contributed by atoms with E-state index in [1.807, 2.05) is 0 Å². The first-order chi connectivity index (χ1) is 14.5. The number of aliphatic hydroxyl groups is 1. The highest BCUT2D eigenvalue weighted by atomic mass is 16.5. The van der Waals surface area contributed by atoms with Gasteiger partial charge in [-0.2, -0.15) is 4.98 Å². The zero-order valence-electron chi connectivity index (χ0n) is 17.2. The molecule has 3 N–H and O–H groups in total. The van der Waals surface area contributed by atoms with Crippen LogP contribution < -0.4 is 15.4 Å². The summed E-state index contributed by atoms with van der Waals surface area (Å²) in [5.41, 5.74) is -0.0948. The number of carbonyl (C=O) groups is 1. The summed E-state index contributed by atoms with van der Waals surface area (Å²) in [5, 5.41) is 17.3. The number of rotatable bonds is 6. The van der Waals surface area contributed by atoms with Gasteiger partial charge in [0, 0.05) is 12.2 Å². The fourth-order valence-corrected chi connectivity index (χ4v) is 6.28. The van der Waals surface area contributed by atoms with Crippen LogP contribution >= 0.6 is 0 Å². The van der Waals surface area contributed by atoms with E-state index >= 15 is 0 Å². The Morgan fingerprint density at radius 3 is 2.57 bits per heavy atom. The lowest BCUT2D eigenvalue weighted by atomic mass is 9.52. The smallest absolute Gasteiger partial charge is 0.258 e. The number of ether oxygens (including phenoxy) is 2. The molecule has 4 bridgehead atoms. The van der Waals surface area contributed by atoms with Gasteiger partial charge in [-0.25, -0.2) is 4.98 Å². The van der Waals surface area contributed by atoms with Crippen LogP contribution in [0, 0.1) is 17.8 Å². The fraction of sp³-hybridized carbons (Fsp3) is 0.773. The SMILES string of the molecule is O=C(N[C@H]1C2CC3CC1C[C@@](O)(C3)C2)c1cnc(NC2COC2)nc1OC1CCC1. The zero-order chi connectivity index (χ0) is 20.3. The Morgan fingerprint density at radius 2 is 1.97 bits per heavy atom. The first-order valence-corrected chi connectivity index (χ1v) is 11.5. The Kier molecular flexibility index (Phi) is 4.42. The molecule has 0 spiro atoms. The maximum atomic E-state index is 13.3. The van der Waals surface area contributed by atoms with Gasteiger partial charge in [0.2, 0.25) is 11.8 Å². The van der Waals surface area contributed by atoms with Crippen LogP contribution in [0.3, 0.4) is 0 Å². The van der Waals surface area contributed by atoms with E-state index in [2.05, 4.69) is 20.6 Å². The number of hydrogen-bond acceptors (Lipinski definition) is 7. The molecule has 30 heavy (non-hydrogen) atoms. The summed E-state index contributed by atoms with van der Waals surface area (Å²) in [7, 11) is 0. The van der Waals surface area contributed by atoms with E-state index in [0.717, 1.165) is 51.4 Å². The highest BCUT2D eigenvalue weighted by Gasteiger charge is 2.55. The average Bonchev–Trinajstić information content (AvgIpc) is 2.63. The van der Waals surface area contributed by atoms with Crippen molar-refractivity contribution in [3.63, 3.8) is 0 Å². The lowest BCUT2D eigenvalue weighted by Crippen LogP contribution is -2.61. The topological polar surface area (TPSA) is 106 Å². The first-order valence-electron chi connectivity index (χ1n) is 11.5. The average molecular weight is 415 g/mol. The number of hydrogen-bond donors (Lipinski definition) is 3. The lowest BCUT2D eigenvalue weighted by molar-refractivity contribution is -0.136. The summed E-state index contributed by atoms with van der Waals surface area (Å²) in [6, 6.07) is 0.330. The molecule has 1 aromatic rings. The summed E-state index contributed by atoms with van der Waals surface area (Å²) >= 11 is 0. The van der Waals surface area contributed by atoms with Gasteiger partial charge in [0.05, 0.1) is 24.9 Å². The van der Waals surface area contributed by atoms with Crippen LogP contribution in [0.5, 0.6) is 5.88 Å². The van der Waals surface area contributed by atoms with Gasteiger partial charge in [0.25, 0.3) is 5.91 Å². The van der Waals surface area contributed by atoms with Gasteiger partial charge in [-0.05, 0) is 69.1 Å². The third-order valence-corrected chi connectivity index (χ3v) is 7.84. The predicted octanol–water partition coefficient (Wildman–Crippen LogP) is 1.89. The number of amides is 1. The molecule has 6 aliphatic rings. The number of carbonyl (C=O) groups excluding carboxylic acids is 1. The summed E-state index contributed by atoms with van der Waals surface area (Å²) in [4.78, 5) is 22.2. The van der Waals surface area contributed by atoms with E-state index in [-0.39, 0.29) is 24.1 Å². The highest BCUT2D eigenvalue weighted by Crippen LogP contribution is 2.55. The number of nitrogens with one attached hydrogen (secondary N) is 2. The Balaban J connectivity index is 1.20. The molecule has 162 valence electrons. The Bertz CT molecular complexity index is 824. The lowest BCUT2D eigenvalue weighted by Gasteiger charge is -2.58. The van der Waals surface area contributed by atoms with Crippen LogP contribution in [0.15, 0.2) is 6.20 Å². The van der Waals surface area contributed by atoms with Crippen LogP contribution in [0.25, 0.3) is 0 Å². The molecule has 8 nitrogen and oxygen atoms in total. The summed E-state index contributed by atoms with van der Waals surface area (Å²) in [6.07, 6.45) is 9.62. The second kappa shape index (κ2) is 7.05. The van der Waals surface area contributed by atoms with Crippen LogP contribution in [0.4, 0.5) is 5.95 Å². The summed E-state index contributed by atoms with van der Waals surface area (Å²) < 4.78 is 11.3. The van der Waals surface area contributed by atoms with Crippen molar-refractivity contribution in [1.82, 2.24) is 15.3 Å². The van der Waals surface area contributed by atoms with Crippen molar-refractivity contribution in [2.45, 2.75) is 75.2 Å². The van der Waals surface area contributed by atoms with Crippen LogP contribution in [0.1, 0.15) is 61.7 Å². The van der Waals surface area contributed by atoms with E-state index in [4.69, 9.17) is 9.47 Å². The zero-order valence-corrected chi connectivity index (χ0v) is 17.2. The number of aromatic nitrogens is 2. The van der Waals surface area contributed by atoms with E-state index in [1.165, 1.54) is 0 Å². The molecule has 1 amide bonds. The molecule has 2 atom stereocenters. The standard InChI is InChI=1S/C22H30N4O4/c27-19(25-18-13-4-12-5-14(18)8-22(28,6-12)7-13)17-9-23-21(24-15-10-29-11-15)26-20(17)30-16-2-1-3-16/h9,12-16,18,28H,1-8,10-11H2,(H,25,27)(H,23,24,26)/t12?,13?,14?,18-,22+. The van der Waals surface area contributed by atoms with Crippen molar-refractivity contribution < 1.29 is 19.4 Å². The van der Waals surface area contributed by atoms with Crippen LogP contribution in [0.2, 0.25) is 0 Å². The maximum Gasteiger partial charge on any atom is 0.258 e. The molecule has 1 saturated heterocycles. The van der Waals surface area contributed by atoms with Gasteiger partial charge >= 0.3 is 0 Å². The van der Waals surface area contributed by atoms with Crippen molar-refractivity contribution >= 4 is 11.9 Å². The van der Waals surface area contributed by atoms with Crippen molar-refractivity contribution in [1.29, 1.82) is 0 Å². The molecular formula is C22H30N4O4. The third-order valence-electron chi connectivity index (χ3n) is 7.84. The Labute approximate surface area is 176 Å². The van der Waals surface area contributed by atoms with Gasteiger partial charge in [-0.3, -0.25) is 4.79 Å². The van der Waals surface area contributed by atoms with Gasteiger partial charge in [0.15, 0.2) is 0 Å². The maximum absolute atomic E-state index is 13.3. The molecule has 6 fully saturated rings. The first kappa shape index (κ1) is 18.8. The van der Waals surface area contributed by atoms with Gasteiger partial charge in [-0.15, -0.1) is 0 Å². The van der Waals surface area contributed by atoms with Gasteiger partial charge in [-0.1, -0.05) is 0 Å². The van der Waals surface area contributed by atoms with E-state index in [9.17, 15) is 9.90 Å². The molecule has 8 heteroatoms. The number of nitrogens with zero attached hydrogens (tertiary/aromatic N) is 2. The second-order valence-corrected chi connectivity index (χ2v) is 10.2. The quantitative estimate of drug-likeness (QED) is 0.653. The molecule has 1 aliphatic heterocycles. The third kappa shape index (κ3) is 3.34. The predicted molar refractivity (Wildman–Crippen MR) is 108 cm³/mol. The normalized spacial score (nSPS) is 37.4. The monoisotopic (exact) mass is 414 g/mol. The Hall–Kier alpha value is -1.93. The molecule has 5 aliphatic carbocycles. The van der Waals surface area contributed by atoms with Crippen molar-refractivity contribution in [3.8, 4) is 5.88 Å². The molecule has 5 saturated carbocycles. The molecular weight excluding hydrogens is 384 g/mol. The number of anilines is 1. The van der Waals surface area contributed by atoms with Gasteiger partial charge < -0.3 is 25.2 Å². The van der Waals surface area contributed by atoms with E-state index in [1.54, 1.807) is 6.20 Å². The van der Waals surface area contributed by atoms with Crippen LogP contribution in [-0.4, -0.2) is 58.0 Å². The van der Waals surface area contributed by atoms with E-state index < -0.39 is 5.60 Å². The van der Waals surface area contributed by atoms with Crippen molar-refractivity contribution in [3.05, 3.63) is 11.8 Å². The minimum Gasteiger partial charge on any atom is -0.474 e. The fourth-order valence-electron chi connectivity index (χ4n) is 6.28. The Morgan fingerprint density at radius 1 is 1.20 bits per heavy atom. The summed E-state index contributed by atoms with van der Waals surface area (Å²) in [6.45, 7) is 1.28. The molecule has 1 aromatic heterocycles. The molecule has 7 rings (SSSR count). The molecule has 2 heterocycles. The summed E-state index contributed by atoms with van der Waals surface area (Å²) in [5.74, 6) is 2.03. The van der Waals surface area contributed by atoms with Crippen molar-refractivity contribution in [2.75, 3.05) is 18.5 Å². The molecule has 0 aromatic carbocycles. The van der Waals surface area contributed by atoms with Gasteiger partial charge in [0.1, 0.15) is 11.7 Å². The molecule has 2 unspecified atom stereocenters. The van der Waals surface area contributed by atoms with Crippen LogP contribution in [-0.2, 0) is 4.74 Å². The second-order valence-electron chi connectivity index (χ2n) is 10.2. The highest BCUT2D eigenvalue weighted by molar-refractivity contribution is 5.96. The minimum absolute atomic E-state index is 0.121. The minimum atomic E-state index is -0.502. The van der Waals surface area contributed by atoms with Crippen molar-refractivity contribution in [2.24, 2.45) is 17.8 Å².